The van der Waals surface area contributed by atoms with Crippen molar-refractivity contribution in [1.29, 1.82) is 0 Å². The first kappa shape index (κ1) is 26.0. The summed E-state index contributed by atoms with van der Waals surface area (Å²) >= 11 is 6.05. The van der Waals surface area contributed by atoms with Crippen molar-refractivity contribution in [3.63, 3.8) is 0 Å². The predicted molar refractivity (Wildman–Crippen MR) is 144 cm³/mol. The van der Waals surface area contributed by atoms with Crippen LogP contribution < -0.4 is 5.56 Å². The number of imide groups is 1. The van der Waals surface area contributed by atoms with Crippen LogP contribution >= 0.6 is 11.6 Å². The first-order valence-electron chi connectivity index (χ1n) is 12.9. The van der Waals surface area contributed by atoms with Crippen molar-refractivity contribution in [2.45, 2.75) is 46.1 Å². The minimum Gasteiger partial charge on any atom is -0.366 e. The van der Waals surface area contributed by atoms with Gasteiger partial charge in [0.05, 0.1) is 23.4 Å². The molecule has 0 aliphatic carbocycles. The van der Waals surface area contributed by atoms with E-state index in [1.807, 2.05) is 18.7 Å². The van der Waals surface area contributed by atoms with Crippen LogP contribution in [0.4, 0.5) is 4.39 Å². The first-order chi connectivity index (χ1) is 18.2. The maximum Gasteiger partial charge on any atom is 0.279 e. The number of benzene rings is 2. The Hall–Kier alpha value is -3.65. The van der Waals surface area contributed by atoms with Gasteiger partial charge in [-0.3, -0.25) is 24.4 Å². The number of carbonyl (C=O) groups excluding carboxylic acids is 2. The van der Waals surface area contributed by atoms with Crippen molar-refractivity contribution in [2.24, 2.45) is 5.92 Å². The Labute approximate surface area is 225 Å². The van der Waals surface area contributed by atoms with Gasteiger partial charge in [-0.25, -0.2) is 9.07 Å². The molecule has 198 valence electrons. The van der Waals surface area contributed by atoms with Gasteiger partial charge in [0.25, 0.3) is 17.4 Å². The molecule has 3 heterocycles. The van der Waals surface area contributed by atoms with E-state index in [1.54, 1.807) is 36.4 Å². The zero-order valence-electron chi connectivity index (χ0n) is 21.6. The van der Waals surface area contributed by atoms with Gasteiger partial charge in [0.2, 0.25) is 0 Å². The van der Waals surface area contributed by atoms with E-state index >= 15 is 0 Å². The van der Waals surface area contributed by atoms with Crippen LogP contribution in [-0.2, 0) is 16.1 Å². The van der Waals surface area contributed by atoms with E-state index in [0.717, 1.165) is 12.8 Å². The SMILES string of the molecule is CC1CCN(C2=C(c3c(C(C)C)[nH]n(-c4ccc(Cl)cc4)c3=O)C(=O)N(Cc3ccc(F)cc3)C2=O)CC1. The molecule has 0 spiro atoms. The summed E-state index contributed by atoms with van der Waals surface area (Å²) in [7, 11) is 0. The summed E-state index contributed by atoms with van der Waals surface area (Å²) in [6, 6.07) is 12.5. The van der Waals surface area contributed by atoms with Gasteiger partial charge in [0.1, 0.15) is 11.5 Å². The number of nitrogens with zero attached hydrogens (tertiary/aromatic N) is 3. The lowest BCUT2D eigenvalue weighted by Crippen LogP contribution is -2.38. The molecule has 0 atom stereocenters. The van der Waals surface area contributed by atoms with E-state index in [0.29, 0.717) is 41.0 Å². The van der Waals surface area contributed by atoms with E-state index in [1.165, 1.54) is 21.7 Å². The summed E-state index contributed by atoms with van der Waals surface area (Å²) in [5, 5.41) is 3.72. The Morgan fingerprint density at radius 3 is 2.21 bits per heavy atom. The average Bonchev–Trinajstić information content (AvgIpc) is 3.35. The van der Waals surface area contributed by atoms with Gasteiger partial charge in [-0.1, -0.05) is 44.5 Å². The molecule has 1 saturated heterocycles. The van der Waals surface area contributed by atoms with E-state index < -0.39 is 23.2 Å². The number of aromatic nitrogens is 2. The standard InChI is InChI=1S/C29H30ClFN4O3/c1-17(2)25-23(28(37)35(32-25)22-10-6-20(30)7-11-22)24-26(33-14-12-18(3)13-15-33)29(38)34(27(24)36)16-19-4-8-21(31)9-5-19/h4-11,17-18,32H,12-16H2,1-3H3. The van der Waals surface area contributed by atoms with Crippen LogP contribution in [0.3, 0.4) is 0 Å². The van der Waals surface area contributed by atoms with E-state index in [4.69, 9.17) is 11.6 Å². The van der Waals surface area contributed by atoms with Crippen LogP contribution in [0.2, 0.25) is 5.02 Å². The third kappa shape index (κ3) is 4.69. The summed E-state index contributed by atoms with van der Waals surface area (Å²) in [5.41, 5.74) is 1.98. The molecule has 1 aromatic heterocycles. The highest BCUT2D eigenvalue weighted by molar-refractivity contribution is 6.35. The van der Waals surface area contributed by atoms with Crippen molar-refractivity contribution in [3.05, 3.63) is 92.2 Å². The fourth-order valence-electron chi connectivity index (χ4n) is 5.12. The Kier molecular flexibility index (Phi) is 7.01. The summed E-state index contributed by atoms with van der Waals surface area (Å²) < 4.78 is 14.9. The van der Waals surface area contributed by atoms with Crippen LogP contribution in [-0.4, -0.2) is 44.5 Å². The molecular formula is C29H30ClFN4O3. The number of amides is 2. The lowest BCUT2D eigenvalue weighted by molar-refractivity contribution is -0.138. The summed E-state index contributed by atoms with van der Waals surface area (Å²) in [5.74, 6) is -0.966. The van der Waals surface area contributed by atoms with Gasteiger partial charge in [-0.15, -0.1) is 0 Å². The third-order valence-electron chi connectivity index (χ3n) is 7.33. The summed E-state index contributed by atoms with van der Waals surface area (Å²) in [6.45, 7) is 7.26. The Morgan fingerprint density at radius 1 is 0.974 bits per heavy atom. The molecule has 38 heavy (non-hydrogen) atoms. The lowest BCUT2D eigenvalue weighted by atomic mass is 9.95. The molecule has 9 heteroatoms. The largest absolute Gasteiger partial charge is 0.366 e. The highest BCUT2D eigenvalue weighted by Gasteiger charge is 2.44. The quantitative estimate of drug-likeness (QED) is 0.445. The second-order valence-corrected chi connectivity index (χ2v) is 10.8. The van der Waals surface area contributed by atoms with Crippen molar-refractivity contribution < 1.29 is 14.0 Å². The molecule has 0 bridgehead atoms. The Morgan fingerprint density at radius 2 is 1.61 bits per heavy atom. The summed E-state index contributed by atoms with van der Waals surface area (Å²) in [4.78, 5) is 44.9. The normalized spacial score (nSPS) is 16.9. The lowest BCUT2D eigenvalue weighted by Gasteiger charge is -2.32. The molecule has 0 saturated carbocycles. The molecule has 0 radical (unpaired) electrons. The smallest absolute Gasteiger partial charge is 0.279 e. The molecule has 5 rings (SSSR count). The van der Waals surface area contributed by atoms with Gasteiger partial charge < -0.3 is 4.90 Å². The van der Waals surface area contributed by atoms with Gasteiger partial charge in [-0.05, 0) is 66.6 Å². The summed E-state index contributed by atoms with van der Waals surface area (Å²) in [6.07, 6.45) is 1.77. The number of piperidine rings is 1. The second-order valence-electron chi connectivity index (χ2n) is 10.4. The van der Waals surface area contributed by atoms with Crippen LogP contribution in [0.15, 0.2) is 59.0 Å². The molecule has 2 amide bonds. The van der Waals surface area contributed by atoms with Crippen LogP contribution in [0.1, 0.15) is 56.4 Å². The van der Waals surface area contributed by atoms with Crippen molar-refractivity contribution >= 4 is 29.0 Å². The molecule has 7 nitrogen and oxygen atoms in total. The average molecular weight is 537 g/mol. The molecule has 0 unspecified atom stereocenters. The number of rotatable bonds is 6. The molecular weight excluding hydrogens is 507 g/mol. The number of hydrogen-bond acceptors (Lipinski definition) is 4. The predicted octanol–water partition coefficient (Wildman–Crippen LogP) is 5.09. The van der Waals surface area contributed by atoms with Gasteiger partial charge >= 0.3 is 0 Å². The fraction of sp³-hybridized carbons (Fsp3) is 0.345. The number of carbonyl (C=O) groups is 2. The topological polar surface area (TPSA) is 78.4 Å². The fourth-order valence-corrected chi connectivity index (χ4v) is 5.24. The maximum absolute atomic E-state index is 14.0. The molecule has 1 fully saturated rings. The second kappa shape index (κ2) is 10.3. The highest BCUT2D eigenvalue weighted by atomic mass is 35.5. The monoisotopic (exact) mass is 536 g/mol. The van der Waals surface area contributed by atoms with Crippen molar-refractivity contribution in [1.82, 2.24) is 19.6 Å². The molecule has 2 aliphatic heterocycles. The molecule has 1 N–H and O–H groups in total. The zero-order valence-corrected chi connectivity index (χ0v) is 22.4. The highest BCUT2D eigenvalue weighted by Crippen LogP contribution is 2.36. The molecule has 3 aromatic rings. The number of hydrogen-bond donors (Lipinski definition) is 1. The van der Waals surface area contributed by atoms with E-state index in [9.17, 15) is 18.8 Å². The van der Waals surface area contributed by atoms with Crippen LogP contribution in [0.25, 0.3) is 11.3 Å². The zero-order chi connectivity index (χ0) is 27.1. The van der Waals surface area contributed by atoms with E-state index in [2.05, 4.69) is 12.0 Å². The number of nitrogens with one attached hydrogen (secondary N) is 1. The number of aromatic amines is 1. The number of halogens is 2. The Bertz CT molecular complexity index is 1460. The van der Waals surface area contributed by atoms with Crippen LogP contribution in [0, 0.1) is 11.7 Å². The number of likely N-dealkylation sites (tertiary alicyclic amines) is 1. The third-order valence-corrected chi connectivity index (χ3v) is 7.58. The van der Waals surface area contributed by atoms with Gasteiger partial charge in [0, 0.05) is 23.8 Å². The van der Waals surface area contributed by atoms with Gasteiger partial charge in [0.15, 0.2) is 0 Å². The first-order valence-corrected chi connectivity index (χ1v) is 13.2. The van der Waals surface area contributed by atoms with Crippen molar-refractivity contribution in [2.75, 3.05) is 13.1 Å². The Balaban J connectivity index is 1.66. The van der Waals surface area contributed by atoms with Gasteiger partial charge in [-0.2, -0.15) is 0 Å². The number of H-pyrrole nitrogens is 1. The van der Waals surface area contributed by atoms with E-state index in [-0.39, 0.29) is 29.3 Å². The molecule has 2 aromatic carbocycles. The van der Waals surface area contributed by atoms with Crippen molar-refractivity contribution in [3.8, 4) is 5.69 Å². The molecule has 2 aliphatic rings. The minimum atomic E-state index is -0.519. The van der Waals surface area contributed by atoms with Crippen LogP contribution in [0.5, 0.6) is 0 Å². The minimum absolute atomic E-state index is 0.0119. The maximum atomic E-state index is 14.0.